The van der Waals surface area contributed by atoms with Gasteiger partial charge in [-0.1, -0.05) is 12.1 Å². The monoisotopic (exact) mass is 291 g/mol. The molecule has 110 valence electrons. The molecule has 0 aliphatic carbocycles. The second-order valence-electron chi connectivity index (χ2n) is 4.62. The third kappa shape index (κ3) is 3.56. The Labute approximate surface area is 121 Å². The highest BCUT2D eigenvalue weighted by atomic mass is 19.1. The average Bonchev–Trinajstić information content (AvgIpc) is 2.45. The topological polar surface area (TPSA) is 40.5 Å². The number of hydrogen-bond acceptors (Lipinski definition) is 2. The zero-order chi connectivity index (χ0) is 15.4. The van der Waals surface area contributed by atoms with E-state index in [-0.39, 0.29) is 17.9 Å². The van der Waals surface area contributed by atoms with Crippen LogP contribution in [0.2, 0.25) is 0 Å². The number of rotatable bonds is 5. The summed E-state index contributed by atoms with van der Waals surface area (Å²) < 4.78 is 27.3. The first kappa shape index (κ1) is 15.0. The Kier molecular flexibility index (Phi) is 4.52. The first-order valence-corrected chi connectivity index (χ1v) is 6.53. The van der Waals surface area contributed by atoms with Crippen molar-refractivity contribution in [3.05, 3.63) is 65.2 Å². The van der Waals surface area contributed by atoms with E-state index in [0.29, 0.717) is 17.8 Å². The smallest absolute Gasteiger partial charge is 0.335 e. The number of benzene rings is 2. The summed E-state index contributed by atoms with van der Waals surface area (Å²) in [6.45, 7) is 2.60. The Hall–Kier alpha value is -2.43. The Balaban J connectivity index is 2.31. The fraction of sp³-hybridized carbons (Fsp3) is 0.188. The molecule has 0 bridgehead atoms. The van der Waals surface area contributed by atoms with E-state index in [1.807, 2.05) is 6.92 Å². The number of carbonyl (C=O) groups is 1. The van der Waals surface area contributed by atoms with Gasteiger partial charge in [-0.2, -0.15) is 0 Å². The number of carboxylic acid groups (broad SMARTS) is 1. The van der Waals surface area contributed by atoms with E-state index < -0.39 is 11.8 Å². The fourth-order valence-corrected chi connectivity index (χ4v) is 2.16. The van der Waals surface area contributed by atoms with Crippen LogP contribution in [0, 0.1) is 11.6 Å². The summed E-state index contributed by atoms with van der Waals surface area (Å²) in [5, 5.41) is 8.95. The van der Waals surface area contributed by atoms with E-state index in [9.17, 15) is 13.6 Å². The minimum absolute atomic E-state index is 0.116. The minimum Gasteiger partial charge on any atom is -0.478 e. The Bertz CT molecular complexity index is 658. The second-order valence-corrected chi connectivity index (χ2v) is 4.62. The molecular formula is C16H15F2NO2. The highest BCUT2D eigenvalue weighted by molar-refractivity contribution is 5.87. The van der Waals surface area contributed by atoms with Crippen molar-refractivity contribution in [3.63, 3.8) is 0 Å². The maximum Gasteiger partial charge on any atom is 0.335 e. The molecular weight excluding hydrogens is 276 g/mol. The first-order valence-electron chi connectivity index (χ1n) is 6.53. The summed E-state index contributed by atoms with van der Waals surface area (Å²) in [5.74, 6) is -2.17. The summed E-state index contributed by atoms with van der Waals surface area (Å²) >= 11 is 0. The summed E-state index contributed by atoms with van der Waals surface area (Å²) in [7, 11) is 0. The van der Waals surface area contributed by atoms with Crippen molar-refractivity contribution in [2.24, 2.45) is 0 Å². The molecule has 0 spiro atoms. The molecule has 1 N–H and O–H groups in total. The van der Waals surface area contributed by atoms with E-state index in [4.69, 9.17) is 5.11 Å². The Morgan fingerprint density at radius 2 is 1.90 bits per heavy atom. The molecule has 2 aromatic rings. The lowest BCUT2D eigenvalue weighted by Gasteiger charge is -2.23. The lowest BCUT2D eigenvalue weighted by atomic mass is 10.1. The van der Waals surface area contributed by atoms with Crippen LogP contribution >= 0.6 is 0 Å². The van der Waals surface area contributed by atoms with Crippen molar-refractivity contribution < 1.29 is 18.7 Å². The van der Waals surface area contributed by atoms with Gasteiger partial charge in [-0.3, -0.25) is 0 Å². The lowest BCUT2D eigenvalue weighted by Crippen LogP contribution is -2.23. The van der Waals surface area contributed by atoms with Crippen LogP contribution in [0.25, 0.3) is 0 Å². The van der Waals surface area contributed by atoms with Crippen LogP contribution in [0.1, 0.15) is 22.8 Å². The van der Waals surface area contributed by atoms with E-state index >= 15 is 0 Å². The molecule has 0 fully saturated rings. The van der Waals surface area contributed by atoms with Crippen molar-refractivity contribution in [1.82, 2.24) is 0 Å². The minimum atomic E-state index is -1.19. The number of aromatic carboxylic acids is 1. The van der Waals surface area contributed by atoms with Crippen LogP contribution in [0.5, 0.6) is 0 Å². The number of anilines is 1. The van der Waals surface area contributed by atoms with E-state index in [1.54, 1.807) is 23.1 Å². The molecule has 0 unspecified atom stereocenters. The van der Waals surface area contributed by atoms with Gasteiger partial charge in [-0.15, -0.1) is 0 Å². The highest BCUT2D eigenvalue weighted by Gasteiger charge is 2.12. The summed E-state index contributed by atoms with van der Waals surface area (Å²) in [6.07, 6.45) is 0. The molecule has 0 aliphatic heterocycles. The maximum absolute atomic E-state index is 13.8. The molecule has 0 aliphatic rings. The van der Waals surface area contributed by atoms with Crippen molar-refractivity contribution in [1.29, 1.82) is 0 Å². The van der Waals surface area contributed by atoms with Crippen LogP contribution < -0.4 is 4.90 Å². The zero-order valence-corrected chi connectivity index (χ0v) is 11.5. The van der Waals surface area contributed by atoms with Gasteiger partial charge in [0.05, 0.1) is 11.3 Å². The van der Waals surface area contributed by atoms with Gasteiger partial charge < -0.3 is 10.0 Å². The van der Waals surface area contributed by atoms with Gasteiger partial charge in [0.1, 0.15) is 11.6 Å². The quantitative estimate of drug-likeness (QED) is 0.913. The number of carboxylic acids is 1. The van der Waals surface area contributed by atoms with Crippen LogP contribution in [-0.2, 0) is 6.54 Å². The molecule has 0 aromatic heterocycles. The van der Waals surface area contributed by atoms with E-state index in [1.165, 1.54) is 18.2 Å². The molecule has 0 radical (unpaired) electrons. The fourth-order valence-electron chi connectivity index (χ4n) is 2.16. The van der Waals surface area contributed by atoms with Crippen LogP contribution in [0.15, 0.2) is 42.5 Å². The largest absolute Gasteiger partial charge is 0.478 e. The molecule has 0 heterocycles. The molecule has 3 nitrogen and oxygen atoms in total. The molecule has 0 atom stereocenters. The van der Waals surface area contributed by atoms with Crippen LogP contribution in [-0.4, -0.2) is 17.6 Å². The van der Waals surface area contributed by atoms with Crippen molar-refractivity contribution in [2.75, 3.05) is 11.4 Å². The Morgan fingerprint density at radius 1 is 1.19 bits per heavy atom. The molecule has 21 heavy (non-hydrogen) atoms. The molecule has 0 amide bonds. The highest BCUT2D eigenvalue weighted by Crippen LogP contribution is 2.21. The third-order valence-corrected chi connectivity index (χ3v) is 3.15. The second kappa shape index (κ2) is 6.35. The van der Waals surface area contributed by atoms with Gasteiger partial charge in [0.15, 0.2) is 0 Å². The van der Waals surface area contributed by atoms with Crippen molar-refractivity contribution >= 4 is 11.7 Å². The zero-order valence-electron chi connectivity index (χ0n) is 11.5. The summed E-state index contributed by atoms with van der Waals surface area (Å²) in [4.78, 5) is 12.7. The lowest BCUT2D eigenvalue weighted by molar-refractivity contribution is 0.0696. The van der Waals surface area contributed by atoms with Crippen molar-refractivity contribution in [2.45, 2.75) is 13.5 Å². The number of halogens is 2. The van der Waals surface area contributed by atoms with Gasteiger partial charge >= 0.3 is 5.97 Å². The predicted molar refractivity (Wildman–Crippen MR) is 76.5 cm³/mol. The number of nitrogens with zero attached hydrogens (tertiary/aromatic N) is 1. The molecule has 2 rings (SSSR count). The number of hydrogen-bond donors (Lipinski definition) is 1. The van der Waals surface area contributed by atoms with Gasteiger partial charge in [0, 0.05) is 13.1 Å². The normalized spacial score (nSPS) is 10.4. The van der Waals surface area contributed by atoms with Gasteiger partial charge in [-0.05, 0) is 42.8 Å². The maximum atomic E-state index is 13.8. The molecule has 5 heteroatoms. The SMILES string of the molecule is CCN(Cc1cc(F)cc(C(=O)O)c1)c1ccccc1F. The van der Waals surface area contributed by atoms with E-state index in [0.717, 1.165) is 6.07 Å². The number of para-hydroxylation sites is 1. The van der Waals surface area contributed by atoms with Crippen LogP contribution in [0.3, 0.4) is 0 Å². The first-order chi connectivity index (χ1) is 10.0. The predicted octanol–water partition coefficient (Wildman–Crippen LogP) is 3.69. The van der Waals surface area contributed by atoms with Crippen molar-refractivity contribution in [3.8, 4) is 0 Å². The molecule has 0 saturated heterocycles. The third-order valence-electron chi connectivity index (χ3n) is 3.15. The molecule has 0 saturated carbocycles. The van der Waals surface area contributed by atoms with E-state index in [2.05, 4.69) is 0 Å². The molecule has 2 aromatic carbocycles. The van der Waals surface area contributed by atoms with Crippen LogP contribution in [0.4, 0.5) is 14.5 Å². The summed E-state index contributed by atoms with van der Waals surface area (Å²) in [6, 6.07) is 9.92. The van der Waals surface area contributed by atoms with Gasteiger partial charge in [0.25, 0.3) is 0 Å². The Morgan fingerprint density at radius 3 is 2.52 bits per heavy atom. The van der Waals surface area contributed by atoms with Gasteiger partial charge in [-0.25, -0.2) is 13.6 Å². The standard InChI is InChI=1S/C16H15F2NO2/c1-2-19(15-6-4-3-5-14(15)18)10-11-7-12(16(20)21)9-13(17)8-11/h3-9H,2,10H2,1H3,(H,20,21). The van der Waals surface area contributed by atoms with Gasteiger partial charge in [0.2, 0.25) is 0 Å². The average molecular weight is 291 g/mol. The summed E-state index contributed by atoms with van der Waals surface area (Å²) in [5.41, 5.74) is 0.772.